The standard InChI is InChI=1S/C22H40N8O2.HI/c1-3-23-22(29-15-13-28(14-16-29)18-21(31)24-11-17-32-2)25-10-7-9-20-27-26-19-8-5-4-6-12-30(19)20;/h3-18H2,1-2H3,(H,23,25)(H,24,31);1H. The van der Waals surface area contributed by atoms with Gasteiger partial charge >= 0.3 is 0 Å². The van der Waals surface area contributed by atoms with Gasteiger partial charge in [0.1, 0.15) is 11.6 Å². The molecule has 33 heavy (non-hydrogen) atoms. The molecule has 0 saturated carbocycles. The number of hydrogen-bond donors (Lipinski definition) is 2. The molecule has 11 heteroatoms. The minimum Gasteiger partial charge on any atom is -0.383 e. The van der Waals surface area contributed by atoms with Gasteiger partial charge in [-0.1, -0.05) is 6.42 Å². The fourth-order valence-electron chi connectivity index (χ4n) is 4.25. The fourth-order valence-corrected chi connectivity index (χ4v) is 4.25. The number of aryl methyl sites for hydroxylation is 2. The summed E-state index contributed by atoms with van der Waals surface area (Å²) < 4.78 is 7.30. The molecule has 1 saturated heterocycles. The van der Waals surface area contributed by atoms with Gasteiger partial charge in [0, 0.05) is 72.3 Å². The molecule has 0 bridgehead atoms. The van der Waals surface area contributed by atoms with E-state index in [-0.39, 0.29) is 29.9 Å². The maximum Gasteiger partial charge on any atom is 0.234 e. The van der Waals surface area contributed by atoms with E-state index in [1.807, 2.05) is 0 Å². The summed E-state index contributed by atoms with van der Waals surface area (Å²) in [6.45, 7) is 9.76. The summed E-state index contributed by atoms with van der Waals surface area (Å²) in [6.07, 6.45) is 6.67. The molecule has 1 amide bonds. The van der Waals surface area contributed by atoms with Crippen molar-refractivity contribution in [3.05, 3.63) is 11.6 Å². The normalized spacial score (nSPS) is 17.2. The van der Waals surface area contributed by atoms with Crippen molar-refractivity contribution in [2.24, 2.45) is 4.99 Å². The topological polar surface area (TPSA) is 99.9 Å². The van der Waals surface area contributed by atoms with Crippen LogP contribution in [0.5, 0.6) is 0 Å². The van der Waals surface area contributed by atoms with Crippen molar-refractivity contribution >= 4 is 35.8 Å². The van der Waals surface area contributed by atoms with Gasteiger partial charge in [-0.25, -0.2) is 0 Å². The van der Waals surface area contributed by atoms with Crippen LogP contribution in [0.1, 0.15) is 44.3 Å². The molecule has 3 rings (SSSR count). The van der Waals surface area contributed by atoms with Gasteiger partial charge in [0.05, 0.1) is 13.2 Å². The predicted octanol–water partition coefficient (Wildman–Crippen LogP) is 0.901. The van der Waals surface area contributed by atoms with Crippen LogP contribution in [0.15, 0.2) is 4.99 Å². The molecule has 2 aliphatic heterocycles. The average molecular weight is 577 g/mol. The predicted molar refractivity (Wildman–Crippen MR) is 140 cm³/mol. The van der Waals surface area contributed by atoms with Crippen molar-refractivity contribution in [2.45, 2.75) is 52.0 Å². The zero-order chi connectivity index (χ0) is 22.6. The number of guanidine groups is 1. The second-order valence-corrected chi connectivity index (χ2v) is 8.44. The molecular formula is C22H41IN8O2. The Balaban J connectivity index is 0.00000385. The third kappa shape index (κ3) is 9.01. The molecule has 2 N–H and O–H groups in total. The number of nitrogens with one attached hydrogen (secondary N) is 2. The summed E-state index contributed by atoms with van der Waals surface area (Å²) in [7, 11) is 1.64. The van der Waals surface area contributed by atoms with Crippen LogP contribution < -0.4 is 10.6 Å². The van der Waals surface area contributed by atoms with E-state index in [2.05, 4.69) is 42.1 Å². The van der Waals surface area contributed by atoms with E-state index in [0.717, 1.165) is 82.7 Å². The molecule has 1 aromatic rings. The zero-order valence-corrected chi connectivity index (χ0v) is 22.6. The number of carbonyl (C=O) groups excluding carboxylic acids is 1. The molecule has 0 aliphatic carbocycles. The van der Waals surface area contributed by atoms with Gasteiger partial charge in [0.2, 0.25) is 5.91 Å². The summed E-state index contributed by atoms with van der Waals surface area (Å²) in [5.74, 6) is 3.29. The van der Waals surface area contributed by atoms with Crippen LogP contribution in [0.3, 0.4) is 0 Å². The van der Waals surface area contributed by atoms with E-state index in [0.29, 0.717) is 19.7 Å². The number of nitrogens with zero attached hydrogens (tertiary/aromatic N) is 6. The number of methoxy groups -OCH3 is 1. The Bertz CT molecular complexity index is 734. The van der Waals surface area contributed by atoms with Gasteiger partial charge in [-0.05, 0) is 26.2 Å². The van der Waals surface area contributed by atoms with Crippen molar-refractivity contribution in [1.82, 2.24) is 35.2 Å². The number of ether oxygens (including phenoxy) is 1. The van der Waals surface area contributed by atoms with E-state index in [1.54, 1.807) is 7.11 Å². The van der Waals surface area contributed by atoms with E-state index in [4.69, 9.17) is 9.73 Å². The largest absolute Gasteiger partial charge is 0.383 e. The Morgan fingerprint density at radius 2 is 1.91 bits per heavy atom. The molecule has 0 aromatic carbocycles. The van der Waals surface area contributed by atoms with Crippen molar-refractivity contribution in [3.63, 3.8) is 0 Å². The number of aliphatic imine (C=N–C) groups is 1. The smallest absolute Gasteiger partial charge is 0.234 e. The molecule has 0 atom stereocenters. The van der Waals surface area contributed by atoms with Crippen LogP contribution >= 0.6 is 24.0 Å². The van der Waals surface area contributed by atoms with Crippen LogP contribution in [0.25, 0.3) is 0 Å². The van der Waals surface area contributed by atoms with Gasteiger partial charge < -0.3 is 24.8 Å². The maximum absolute atomic E-state index is 12.0. The zero-order valence-electron chi connectivity index (χ0n) is 20.2. The summed E-state index contributed by atoms with van der Waals surface area (Å²) in [5.41, 5.74) is 0. The third-order valence-electron chi connectivity index (χ3n) is 6.01. The highest BCUT2D eigenvalue weighted by Gasteiger charge is 2.21. The van der Waals surface area contributed by atoms with E-state index in [9.17, 15) is 4.79 Å². The first-order valence-electron chi connectivity index (χ1n) is 12.1. The molecule has 2 aliphatic rings. The SMILES string of the molecule is CCNC(=NCCCc1nnc2n1CCCCC2)N1CCN(CC(=O)NCCOC)CC1.I. The summed E-state index contributed by atoms with van der Waals surface area (Å²) in [4.78, 5) is 21.4. The van der Waals surface area contributed by atoms with E-state index in [1.165, 1.54) is 19.3 Å². The molecule has 1 fully saturated rings. The molecule has 188 valence electrons. The Hall–Kier alpha value is -1.47. The highest BCUT2D eigenvalue weighted by molar-refractivity contribution is 14.0. The number of rotatable bonds is 10. The quantitative estimate of drug-likeness (QED) is 0.185. The number of halogens is 1. The van der Waals surface area contributed by atoms with Crippen LogP contribution in [-0.2, 0) is 28.9 Å². The molecule has 10 nitrogen and oxygen atoms in total. The molecule has 0 unspecified atom stereocenters. The Labute approximate surface area is 214 Å². The Morgan fingerprint density at radius 3 is 2.67 bits per heavy atom. The van der Waals surface area contributed by atoms with E-state index < -0.39 is 0 Å². The van der Waals surface area contributed by atoms with Crippen molar-refractivity contribution in [1.29, 1.82) is 0 Å². The van der Waals surface area contributed by atoms with Crippen LogP contribution in [0.2, 0.25) is 0 Å². The second-order valence-electron chi connectivity index (χ2n) is 8.44. The lowest BCUT2D eigenvalue weighted by molar-refractivity contribution is -0.122. The van der Waals surface area contributed by atoms with Gasteiger partial charge in [-0.15, -0.1) is 34.2 Å². The van der Waals surface area contributed by atoms with Gasteiger partial charge in [0.15, 0.2) is 5.96 Å². The Kier molecular flexibility index (Phi) is 13.0. The van der Waals surface area contributed by atoms with Crippen molar-refractivity contribution in [3.8, 4) is 0 Å². The molecule has 3 heterocycles. The lowest BCUT2D eigenvalue weighted by Crippen LogP contribution is -2.54. The van der Waals surface area contributed by atoms with Crippen molar-refractivity contribution < 1.29 is 9.53 Å². The van der Waals surface area contributed by atoms with Gasteiger partial charge in [-0.3, -0.25) is 14.7 Å². The summed E-state index contributed by atoms with van der Waals surface area (Å²) in [6, 6.07) is 0. The van der Waals surface area contributed by atoms with E-state index >= 15 is 0 Å². The summed E-state index contributed by atoms with van der Waals surface area (Å²) >= 11 is 0. The molecular weight excluding hydrogens is 535 g/mol. The van der Waals surface area contributed by atoms with Crippen molar-refractivity contribution in [2.75, 3.05) is 66.1 Å². The third-order valence-corrected chi connectivity index (χ3v) is 6.01. The average Bonchev–Trinajstić information content (AvgIpc) is 3.02. The number of aromatic nitrogens is 3. The monoisotopic (exact) mass is 576 g/mol. The first-order chi connectivity index (χ1) is 15.7. The van der Waals surface area contributed by atoms with Crippen LogP contribution in [0.4, 0.5) is 0 Å². The van der Waals surface area contributed by atoms with Gasteiger partial charge in [-0.2, -0.15) is 0 Å². The highest BCUT2D eigenvalue weighted by atomic mass is 127. The van der Waals surface area contributed by atoms with Crippen LogP contribution in [-0.4, -0.2) is 103 Å². The number of piperazine rings is 1. The maximum atomic E-state index is 12.0. The Morgan fingerprint density at radius 1 is 1.09 bits per heavy atom. The minimum atomic E-state index is 0. The lowest BCUT2D eigenvalue weighted by atomic mass is 10.2. The fraction of sp³-hybridized carbons (Fsp3) is 0.818. The molecule has 0 spiro atoms. The number of fused-ring (bicyclic) bond motifs is 1. The first kappa shape index (κ1) is 27.8. The highest BCUT2D eigenvalue weighted by Crippen LogP contribution is 2.15. The number of carbonyl (C=O) groups is 1. The summed E-state index contributed by atoms with van der Waals surface area (Å²) in [5, 5.41) is 15.1. The lowest BCUT2D eigenvalue weighted by Gasteiger charge is -2.36. The number of hydrogen-bond acceptors (Lipinski definition) is 6. The number of amides is 1. The second kappa shape index (κ2) is 15.4. The molecule has 0 radical (unpaired) electrons. The minimum absolute atomic E-state index is 0. The first-order valence-corrected chi connectivity index (χ1v) is 12.1. The molecule has 1 aromatic heterocycles. The van der Waals surface area contributed by atoms with Gasteiger partial charge in [0.25, 0.3) is 0 Å². The van der Waals surface area contributed by atoms with Crippen LogP contribution in [0, 0.1) is 0 Å².